The lowest BCUT2D eigenvalue weighted by Gasteiger charge is -2.14. The molecule has 5 heteroatoms. The van der Waals surface area contributed by atoms with E-state index in [1.807, 2.05) is 6.92 Å². The highest BCUT2D eigenvalue weighted by Gasteiger charge is 2.10. The van der Waals surface area contributed by atoms with Crippen molar-refractivity contribution < 1.29 is 14.3 Å². The van der Waals surface area contributed by atoms with E-state index in [4.69, 9.17) is 21.1 Å². The molecular weight excluding hydrogens is 242 g/mol. The van der Waals surface area contributed by atoms with Gasteiger partial charge in [-0.05, 0) is 24.6 Å². The van der Waals surface area contributed by atoms with Gasteiger partial charge in [-0.2, -0.15) is 0 Å². The summed E-state index contributed by atoms with van der Waals surface area (Å²) in [7, 11) is 3.03. The zero-order valence-corrected chi connectivity index (χ0v) is 10.9. The minimum atomic E-state index is -0.445. The maximum atomic E-state index is 11.8. The van der Waals surface area contributed by atoms with Gasteiger partial charge in [-0.25, -0.2) is 0 Å². The van der Waals surface area contributed by atoms with Crippen LogP contribution in [-0.2, 0) is 9.47 Å². The van der Waals surface area contributed by atoms with Crippen molar-refractivity contribution in [3.8, 4) is 0 Å². The van der Waals surface area contributed by atoms with E-state index >= 15 is 0 Å². The van der Waals surface area contributed by atoms with Crippen LogP contribution >= 0.6 is 11.6 Å². The van der Waals surface area contributed by atoms with Gasteiger partial charge in [0.25, 0.3) is 5.91 Å². The smallest absolute Gasteiger partial charge is 0.251 e. The molecule has 1 N–H and O–H groups in total. The van der Waals surface area contributed by atoms with E-state index in [0.29, 0.717) is 10.6 Å². The number of aryl methyl sites for hydroxylation is 1. The number of nitrogens with one attached hydrogen (secondary N) is 1. The quantitative estimate of drug-likeness (QED) is 0.821. The van der Waals surface area contributed by atoms with Crippen molar-refractivity contribution in [2.75, 3.05) is 20.8 Å². The molecule has 0 aliphatic rings. The number of methoxy groups -OCH3 is 2. The molecule has 0 atom stereocenters. The maximum absolute atomic E-state index is 11.8. The van der Waals surface area contributed by atoms with Gasteiger partial charge < -0.3 is 14.8 Å². The normalized spacial score (nSPS) is 10.6. The molecule has 0 aliphatic carbocycles. The Bertz CT molecular complexity index is 391. The van der Waals surface area contributed by atoms with E-state index in [-0.39, 0.29) is 12.5 Å². The molecule has 0 fully saturated rings. The average molecular weight is 258 g/mol. The second-order valence-electron chi connectivity index (χ2n) is 3.57. The Balaban J connectivity index is 2.61. The lowest BCUT2D eigenvalue weighted by Crippen LogP contribution is -2.34. The van der Waals surface area contributed by atoms with E-state index in [2.05, 4.69) is 5.32 Å². The third-order valence-electron chi connectivity index (χ3n) is 2.39. The molecule has 17 heavy (non-hydrogen) atoms. The van der Waals surface area contributed by atoms with Crippen LogP contribution in [0.15, 0.2) is 18.2 Å². The average Bonchev–Trinajstić information content (AvgIpc) is 2.33. The monoisotopic (exact) mass is 257 g/mol. The molecule has 0 aromatic heterocycles. The minimum absolute atomic E-state index is 0.203. The number of carbonyl (C=O) groups excluding carboxylic acids is 1. The zero-order chi connectivity index (χ0) is 12.8. The van der Waals surface area contributed by atoms with Crippen LogP contribution in [0.3, 0.4) is 0 Å². The Kier molecular flexibility index (Phi) is 5.41. The fourth-order valence-corrected chi connectivity index (χ4v) is 1.46. The Hall–Kier alpha value is -1.10. The van der Waals surface area contributed by atoms with Crippen molar-refractivity contribution in [1.29, 1.82) is 0 Å². The lowest BCUT2D eigenvalue weighted by molar-refractivity contribution is -0.0974. The van der Waals surface area contributed by atoms with Crippen LogP contribution in [-0.4, -0.2) is 33.0 Å². The van der Waals surface area contributed by atoms with Gasteiger partial charge in [-0.1, -0.05) is 17.7 Å². The maximum Gasteiger partial charge on any atom is 0.251 e. The van der Waals surface area contributed by atoms with Crippen LogP contribution in [0.5, 0.6) is 0 Å². The molecule has 0 saturated carbocycles. The molecule has 0 saturated heterocycles. The van der Waals surface area contributed by atoms with Crippen LogP contribution in [0.25, 0.3) is 0 Å². The van der Waals surface area contributed by atoms with Gasteiger partial charge >= 0.3 is 0 Å². The minimum Gasteiger partial charge on any atom is -0.354 e. The molecule has 0 aliphatic heterocycles. The molecule has 0 bridgehead atoms. The Morgan fingerprint density at radius 1 is 1.41 bits per heavy atom. The first-order valence-electron chi connectivity index (χ1n) is 5.18. The Morgan fingerprint density at radius 2 is 2.06 bits per heavy atom. The summed E-state index contributed by atoms with van der Waals surface area (Å²) in [5.41, 5.74) is 1.46. The first kappa shape index (κ1) is 14.0. The number of halogens is 1. The summed E-state index contributed by atoms with van der Waals surface area (Å²) in [5.74, 6) is -0.203. The summed E-state index contributed by atoms with van der Waals surface area (Å²) < 4.78 is 9.93. The molecule has 1 aromatic carbocycles. The molecule has 0 heterocycles. The van der Waals surface area contributed by atoms with Crippen LogP contribution in [0.2, 0.25) is 5.02 Å². The summed E-state index contributed by atoms with van der Waals surface area (Å²) in [6.45, 7) is 2.17. The van der Waals surface area contributed by atoms with Crippen molar-refractivity contribution in [3.05, 3.63) is 34.3 Å². The largest absolute Gasteiger partial charge is 0.354 e. The summed E-state index contributed by atoms with van der Waals surface area (Å²) in [6.07, 6.45) is -0.445. The highest BCUT2D eigenvalue weighted by atomic mass is 35.5. The van der Waals surface area contributed by atoms with Gasteiger partial charge in [0, 0.05) is 24.8 Å². The number of carbonyl (C=O) groups is 1. The van der Waals surface area contributed by atoms with Crippen LogP contribution in [0.1, 0.15) is 15.9 Å². The van der Waals surface area contributed by atoms with Crippen molar-refractivity contribution in [3.63, 3.8) is 0 Å². The Labute approximate surface area is 106 Å². The number of hydrogen-bond donors (Lipinski definition) is 1. The predicted molar refractivity (Wildman–Crippen MR) is 66.3 cm³/mol. The fraction of sp³-hybridized carbons (Fsp3) is 0.417. The SMILES string of the molecule is COC(CNC(=O)c1ccc(C)c(Cl)c1)OC. The second kappa shape index (κ2) is 6.59. The van der Waals surface area contributed by atoms with Gasteiger partial charge in [-0.3, -0.25) is 4.79 Å². The summed E-state index contributed by atoms with van der Waals surface area (Å²) in [4.78, 5) is 11.8. The molecule has 0 unspecified atom stereocenters. The standard InChI is InChI=1S/C12H16ClNO3/c1-8-4-5-9(6-10(8)13)12(15)14-7-11(16-2)17-3/h4-6,11H,7H2,1-3H3,(H,14,15). The van der Waals surface area contributed by atoms with E-state index in [1.54, 1.807) is 18.2 Å². The number of rotatable bonds is 5. The predicted octanol–water partition coefficient (Wildman–Crippen LogP) is 2.00. The van der Waals surface area contributed by atoms with Crippen LogP contribution in [0.4, 0.5) is 0 Å². The molecule has 0 spiro atoms. The van der Waals surface area contributed by atoms with Gasteiger partial charge in [0.2, 0.25) is 0 Å². The molecule has 1 rings (SSSR count). The number of amides is 1. The van der Waals surface area contributed by atoms with Crippen molar-refractivity contribution in [2.45, 2.75) is 13.2 Å². The summed E-state index contributed by atoms with van der Waals surface area (Å²) in [6, 6.07) is 5.17. The molecule has 1 aromatic rings. The molecule has 4 nitrogen and oxygen atoms in total. The molecule has 0 radical (unpaired) electrons. The summed E-state index contributed by atoms with van der Waals surface area (Å²) >= 11 is 5.95. The van der Waals surface area contributed by atoms with Gasteiger partial charge in [0.05, 0.1) is 6.54 Å². The highest BCUT2D eigenvalue weighted by molar-refractivity contribution is 6.31. The number of hydrogen-bond acceptors (Lipinski definition) is 3. The van der Waals surface area contributed by atoms with E-state index in [9.17, 15) is 4.79 Å². The Morgan fingerprint density at radius 3 is 2.59 bits per heavy atom. The first-order chi connectivity index (χ1) is 8.08. The fourth-order valence-electron chi connectivity index (χ4n) is 1.28. The van der Waals surface area contributed by atoms with Crippen molar-refractivity contribution in [2.24, 2.45) is 0 Å². The van der Waals surface area contributed by atoms with Gasteiger partial charge in [-0.15, -0.1) is 0 Å². The molecular formula is C12H16ClNO3. The molecule has 94 valence electrons. The van der Waals surface area contributed by atoms with Crippen molar-refractivity contribution >= 4 is 17.5 Å². The second-order valence-corrected chi connectivity index (χ2v) is 3.98. The third-order valence-corrected chi connectivity index (χ3v) is 2.80. The topological polar surface area (TPSA) is 47.6 Å². The number of ether oxygens (including phenoxy) is 2. The number of benzene rings is 1. The van der Waals surface area contributed by atoms with Crippen molar-refractivity contribution in [1.82, 2.24) is 5.32 Å². The van der Waals surface area contributed by atoms with E-state index < -0.39 is 6.29 Å². The van der Waals surface area contributed by atoms with Crippen LogP contribution < -0.4 is 5.32 Å². The van der Waals surface area contributed by atoms with E-state index in [0.717, 1.165) is 5.56 Å². The zero-order valence-electron chi connectivity index (χ0n) is 10.1. The highest BCUT2D eigenvalue weighted by Crippen LogP contribution is 2.16. The first-order valence-corrected chi connectivity index (χ1v) is 5.56. The molecule has 1 amide bonds. The third kappa shape index (κ3) is 4.00. The van der Waals surface area contributed by atoms with Gasteiger partial charge in [0.15, 0.2) is 6.29 Å². The summed E-state index contributed by atoms with van der Waals surface area (Å²) in [5, 5.41) is 3.28. The van der Waals surface area contributed by atoms with Crippen LogP contribution in [0, 0.1) is 6.92 Å². The van der Waals surface area contributed by atoms with Gasteiger partial charge in [0.1, 0.15) is 0 Å². The van der Waals surface area contributed by atoms with E-state index in [1.165, 1.54) is 14.2 Å². The lowest BCUT2D eigenvalue weighted by atomic mass is 10.1.